The average Bonchev–Trinajstić information content (AvgIpc) is 2.43. The molecule has 0 aromatic heterocycles. The van der Waals surface area contributed by atoms with E-state index in [4.69, 9.17) is 20.9 Å². The van der Waals surface area contributed by atoms with Gasteiger partial charge in [0, 0.05) is 11.8 Å². The van der Waals surface area contributed by atoms with E-state index in [1.807, 2.05) is 6.92 Å². The zero-order chi connectivity index (χ0) is 14.5. The van der Waals surface area contributed by atoms with Gasteiger partial charge >= 0.3 is 5.97 Å². The van der Waals surface area contributed by atoms with Gasteiger partial charge in [0.25, 0.3) is 0 Å². The molecule has 0 aliphatic heterocycles. The number of carbonyl (C=O) groups is 1. The van der Waals surface area contributed by atoms with Gasteiger partial charge in [0.15, 0.2) is 5.75 Å². The minimum atomic E-state index is -0.552. The van der Waals surface area contributed by atoms with Gasteiger partial charge in [-0.2, -0.15) is 0 Å². The third-order valence-corrected chi connectivity index (χ3v) is 2.68. The molecule has 2 rings (SSSR count). The van der Waals surface area contributed by atoms with Gasteiger partial charge in [-0.25, -0.2) is 4.79 Å². The average molecular weight is 272 g/mol. The number of ether oxygens (including phenoxy) is 2. The topological polar surface area (TPSA) is 87.6 Å². The van der Waals surface area contributed by atoms with Gasteiger partial charge in [-0.3, -0.25) is 0 Å². The highest BCUT2D eigenvalue weighted by Crippen LogP contribution is 2.28. The number of nitrogens with two attached hydrogens (primary N) is 2. The number of anilines is 2. The predicted molar refractivity (Wildman–Crippen MR) is 77.8 cm³/mol. The highest BCUT2D eigenvalue weighted by Gasteiger charge is 2.14. The number of hydrogen-bond donors (Lipinski definition) is 2. The molecule has 0 unspecified atom stereocenters. The Hall–Kier alpha value is -2.69. The van der Waals surface area contributed by atoms with Crippen molar-refractivity contribution in [2.45, 2.75) is 6.92 Å². The predicted octanol–water partition coefficient (Wildman–Crippen LogP) is 2.47. The molecule has 104 valence electrons. The van der Waals surface area contributed by atoms with E-state index in [-0.39, 0.29) is 5.75 Å². The fourth-order valence-corrected chi connectivity index (χ4v) is 1.70. The molecular weight excluding hydrogens is 256 g/mol. The molecular formula is C15H16N2O3. The normalized spacial score (nSPS) is 10.1. The van der Waals surface area contributed by atoms with E-state index in [1.54, 1.807) is 42.5 Å². The van der Waals surface area contributed by atoms with Gasteiger partial charge in [-0.15, -0.1) is 0 Å². The second-order valence-corrected chi connectivity index (χ2v) is 4.11. The molecule has 0 atom stereocenters. The standard InChI is InChI=1S/C15H16N2O3/c1-2-19-10-7-8-13(17)14(9-10)20-15(18)11-5-3-4-6-12(11)16/h3-9H,2,16-17H2,1H3. The molecule has 0 saturated carbocycles. The van der Waals surface area contributed by atoms with Crippen molar-refractivity contribution in [1.82, 2.24) is 0 Å². The van der Waals surface area contributed by atoms with Crippen LogP contribution in [0.3, 0.4) is 0 Å². The third-order valence-electron chi connectivity index (χ3n) is 2.68. The molecule has 20 heavy (non-hydrogen) atoms. The van der Waals surface area contributed by atoms with Crippen molar-refractivity contribution in [3.05, 3.63) is 48.0 Å². The number of hydrogen-bond acceptors (Lipinski definition) is 5. The molecule has 4 N–H and O–H groups in total. The van der Waals surface area contributed by atoms with E-state index in [9.17, 15) is 4.79 Å². The summed E-state index contributed by atoms with van der Waals surface area (Å²) >= 11 is 0. The van der Waals surface area contributed by atoms with Crippen molar-refractivity contribution >= 4 is 17.3 Å². The smallest absolute Gasteiger partial charge is 0.345 e. The Bertz CT molecular complexity index is 626. The molecule has 2 aromatic carbocycles. The molecule has 5 nitrogen and oxygen atoms in total. The van der Waals surface area contributed by atoms with Crippen molar-refractivity contribution in [1.29, 1.82) is 0 Å². The van der Waals surface area contributed by atoms with E-state index in [0.717, 1.165) is 0 Å². The quantitative estimate of drug-likeness (QED) is 0.507. The molecule has 0 heterocycles. The van der Waals surface area contributed by atoms with Crippen LogP contribution in [0, 0.1) is 0 Å². The van der Waals surface area contributed by atoms with Gasteiger partial charge in [-0.1, -0.05) is 12.1 Å². The minimum Gasteiger partial charge on any atom is -0.494 e. The third kappa shape index (κ3) is 3.00. The highest BCUT2D eigenvalue weighted by atomic mass is 16.5. The van der Waals surface area contributed by atoms with E-state index < -0.39 is 5.97 Å². The summed E-state index contributed by atoms with van der Waals surface area (Å²) in [5.74, 6) is 0.290. The van der Waals surface area contributed by atoms with Crippen molar-refractivity contribution < 1.29 is 14.3 Å². The van der Waals surface area contributed by atoms with Crippen LogP contribution in [0.15, 0.2) is 42.5 Å². The Morgan fingerprint density at radius 1 is 1.10 bits per heavy atom. The summed E-state index contributed by atoms with van der Waals surface area (Å²) in [7, 11) is 0. The number of nitrogen functional groups attached to an aromatic ring is 2. The molecule has 0 radical (unpaired) electrons. The Balaban J connectivity index is 2.23. The van der Waals surface area contributed by atoms with Crippen LogP contribution in [0.4, 0.5) is 11.4 Å². The molecule has 0 fully saturated rings. The van der Waals surface area contributed by atoms with E-state index in [0.29, 0.717) is 29.3 Å². The van der Waals surface area contributed by atoms with E-state index in [1.165, 1.54) is 0 Å². The van der Waals surface area contributed by atoms with Crippen LogP contribution in [0.2, 0.25) is 0 Å². The molecule has 0 saturated heterocycles. The summed E-state index contributed by atoms with van der Waals surface area (Å²) < 4.78 is 10.6. The number of esters is 1. The number of rotatable bonds is 4. The summed E-state index contributed by atoms with van der Waals surface area (Å²) in [6.07, 6.45) is 0. The Morgan fingerprint density at radius 2 is 1.85 bits per heavy atom. The molecule has 0 bridgehead atoms. The van der Waals surface area contributed by atoms with Crippen LogP contribution >= 0.6 is 0 Å². The first-order valence-electron chi connectivity index (χ1n) is 6.21. The summed E-state index contributed by atoms with van der Waals surface area (Å²) in [6.45, 7) is 2.38. The van der Waals surface area contributed by atoms with Gasteiger partial charge in [0.05, 0.1) is 17.9 Å². The molecule has 2 aromatic rings. The maximum atomic E-state index is 12.1. The monoisotopic (exact) mass is 272 g/mol. The first-order chi connectivity index (χ1) is 9.61. The first kappa shape index (κ1) is 13.7. The summed E-state index contributed by atoms with van der Waals surface area (Å²) in [5, 5.41) is 0. The highest BCUT2D eigenvalue weighted by molar-refractivity contribution is 5.96. The lowest BCUT2D eigenvalue weighted by atomic mass is 10.2. The zero-order valence-electron chi connectivity index (χ0n) is 11.1. The largest absolute Gasteiger partial charge is 0.494 e. The lowest BCUT2D eigenvalue weighted by molar-refractivity contribution is 0.0736. The van der Waals surface area contributed by atoms with Gasteiger partial charge in [0.1, 0.15) is 5.75 Å². The summed E-state index contributed by atoms with van der Waals surface area (Å²) in [4.78, 5) is 12.1. The van der Waals surface area contributed by atoms with Crippen molar-refractivity contribution in [3.63, 3.8) is 0 Å². The molecule has 0 spiro atoms. The summed E-state index contributed by atoms with van der Waals surface area (Å²) in [6, 6.07) is 11.6. The molecule has 5 heteroatoms. The maximum Gasteiger partial charge on any atom is 0.345 e. The molecule has 0 amide bonds. The van der Waals surface area contributed by atoms with Crippen molar-refractivity contribution in [2.24, 2.45) is 0 Å². The fraction of sp³-hybridized carbons (Fsp3) is 0.133. The lowest BCUT2D eigenvalue weighted by Gasteiger charge is -2.10. The number of carbonyl (C=O) groups excluding carboxylic acids is 1. The van der Waals surface area contributed by atoms with Crippen LogP contribution in [0.1, 0.15) is 17.3 Å². The number of para-hydroxylation sites is 1. The van der Waals surface area contributed by atoms with E-state index in [2.05, 4.69) is 0 Å². The van der Waals surface area contributed by atoms with Crippen LogP contribution in [0.5, 0.6) is 11.5 Å². The Kier molecular flexibility index (Phi) is 4.10. The van der Waals surface area contributed by atoms with Crippen LogP contribution in [0.25, 0.3) is 0 Å². The van der Waals surface area contributed by atoms with Crippen molar-refractivity contribution in [2.75, 3.05) is 18.1 Å². The summed E-state index contributed by atoms with van der Waals surface area (Å²) in [5.41, 5.74) is 12.5. The van der Waals surface area contributed by atoms with Gasteiger partial charge in [-0.05, 0) is 31.2 Å². The SMILES string of the molecule is CCOc1ccc(N)c(OC(=O)c2ccccc2N)c1. The fourth-order valence-electron chi connectivity index (χ4n) is 1.70. The first-order valence-corrected chi connectivity index (χ1v) is 6.21. The zero-order valence-corrected chi connectivity index (χ0v) is 11.1. The van der Waals surface area contributed by atoms with Gasteiger partial charge in [0.2, 0.25) is 0 Å². The van der Waals surface area contributed by atoms with Crippen LogP contribution in [-0.2, 0) is 0 Å². The van der Waals surface area contributed by atoms with Crippen molar-refractivity contribution in [3.8, 4) is 11.5 Å². The van der Waals surface area contributed by atoms with Crippen LogP contribution < -0.4 is 20.9 Å². The Morgan fingerprint density at radius 3 is 2.55 bits per heavy atom. The minimum absolute atomic E-state index is 0.254. The lowest BCUT2D eigenvalue weighted by Crippen LogP contribution is -2.12. The number of benzene rings is 2. The van der Waals surface area contributed by atoms with Gasteiger partial charge < -0.3 is 20.9 Å². The second kappa shape index (κ2) is 5.97. The maximum absolute atomic E-state index is 12.1. The van der Waals surface area contributed by atoms with E-state index >= 15 is 0 Å². The second-order valence-electron chi connectivity index (χ2n) is 4.11. The molecule has 0 aliphatic rings. The molecule has 0 aliphatic carbocycles. The van der Waals surface area contributed by atoms with Crippen LogP contribution in [-0.4, -0.2) is 12.6 Å². The Labute approximate surface area is 117 Å².